The fourth-order valence-electron chi connectivity index (χ4n) is 20.6. The number of allylic oxidation sites excluding steroid dienone is 4. The van der Waals surface area contributed by atoms with Gasteiger partial charge in [0.15, 0.2) is 23.1 Å². The van der Waals surface area contributed by atoms with Crippen molar-refractivity contribution in [2.45, 2.75) is 277 Å². The van der Waals surface area contributed by atoms with Crippen LogP contribution in [0, 0.1) is 78.8 Å². The van der Waals surface area contributed by atoms with E-state index in [4.69, 9.17) is 0 Å². The molecule has 8 aliphatic rings. The average Bonchev–Trinajstić information content (AvgIpc) is 1.76. The molecule has 0 heterocycles. The van der Waals surface area contributed by atoms with Gasteiger partial charge in [-0.15, -0.1) is 0 Å². The molecule has 10 unspecified atom stereocenters. The van der Waals surface area contributed by atoms with Crippen LogP contribution in [0.1, 0.15) is 299 Å². The fraction of sp³-hybridized carbons (Fsp3) is 0.700. The van der Waals surface area contributed by atoms with Gasteiger partial charge in [-0.05, 0) is 203 Å². The molecule has 0 radical (unpaired) electrons. The molecule has 10 atom stereocenters. The second-order valence-corrected chi connectivity index (χ2v) is 31.5. The number of hydrogen-bond donors (Lipinski definition) is 0. The second-order valence-electron chi connectivity index (χ2n) is 31.5. The molecule has 460 valence electrons. The number of unbranched alkanes of at least 4 members (excludes halogenated alkanes) is 4. The van der Waals surface area contributed by atoms with Gasteiger partial charge in [0.1, 0.15) is 0 Å². The van der Waals surface area contributed by atoms with Gasteiger partial charge in [0, 0.05) is 21.7 Å². The van der Waals surface area contributed by atoms with E-state index in [9.17, 15) is 19.2 Å². The van der Waals surface area contributed by atoms with Crippen LogP contribution in [0.2, 0.25) is 0 Å². The topological polar surface area (TPSA) is 68.3 Å². The number of hydrogen-bond acceptors (Lipinski definition) is 4. The van der Waals surface area contributed by atoms with Crippen molar-refractivity contribution in [2.24, 2.45) is 78.8 Å². The van der Waals surface area contributed by atoms with Gasteiger partial charge in [-0.25, -0.2) is 0 Å². The highest BCUT2D eigenvalue weighted by molar-refractivity contribution is 6.10. The van der Waals surface area contributed by atoms with E-state index in [1.807, 2.05) is 0 Å². The molecule has 0 amide bonds. The van der Waals surface area contributed by atoms with Crippen molar-refractivity contribution in [3.8, 4) is 0 Å². The van der Waals surface area contributed by atoms with Crippen molar-refractivity contribution in [1.29, 1.82) is 0 Å². The second kappa shape index (κ2) is 25.3. The highest BCUT2D eigenvalue weighted by atomic mass is 16.1. The summed E-state index contributed by atoms with van der Waals surface area (Å²) in [5.74, 6) is 4.78. The van der Waals surface area contributed by atoms with Gasteiger partial charge in [-0.1, -0.05) is 248 Å². The van der Waals surface area contributed by atoms with Crippen molar-refractivity contribution in [2.75, 3.05) is 0 Å². The molecule has 0 spiro atoms. The van der Waals surface area contributed by atoms with Gasteiger partial charge < -0.3 is 0 Å². The third-order valence-corrected chi connectivity index (χ3v) is 26.7. The average molecular weight is 1140 g/mol. The van der Waals surface area contributed by atoms with E-state index in [0.29, 0.717) is 46.8 Å². The smallest absolute Gasteiger partial charge is 0.165 e. The summed E-state index contributed by atoms with van der Waals surface area (Å²) in [6.07, 6.45) is 41.5. The largest absolute Gasteiger partial charge is 0.294 e. The molecule has 2 aromatic carbocycles. The van der Waals surface area contributed by atoms with E-state index in [1.54, 1.807) is 0 Å². The van der Waals surface area contributed by atoms with Crippen molar-refractivity contribution in [1.82, 2.24) is 0 Å². The Labute approximate surface area is 512 Å². The Balaban J connectivity index is 0.000000210. The predicted molar refractivity (Wildman–Crippen MR) is 354 cm³/mol. The number of carbonyl (C=O) groups excluding carboxylic acids is 4. The Morgan fingerprint density at radius 3 is 0.774 bits per heavy atom. The number of rotatable bonds is 26. The van der Waals surface area contributed by atoms with Crippen LogP contribution in [-0.2, 0) is 19.2 Å². The van der Waals surface area contributed by atoms with Crippen LogP contribution in [0.5, 0.6) is 0 Å². The summed E-state index contributed by atoms with van der Waals surface area (Å²) in [6.45, 7) is 32.5. The maximum absolute atomic E-state index is 14.2. The predicted octanol–water partition coefficient (Wildman–Crippen LogP) is 22.1. The molecular weight excluding hydrogens is 1020 g/mol. The number of benzene rings is 2. The van der Waals surface area contributed by atoms with Crippen LogP contribution in [0.3, 0.4) is 0 Å². The van der Waals surface area contributed by atoms with E-state index in [1.165, 1.54) is 77.0 Å². The molecular formula is C80H116O4. The van der Waals surface area contributed by atoms with Crippen molar-refractivity contribution in [3.05, 3.63) is 93.1 Å². The summed E-state index contributed by atoms with van der Waals surface area (Å²) in [7, 11) is 0. The third kappa shape index (κ3) is 10.7. The Kier molecular flexibility index (Phi) is 19.4. The maximum Gasteiger partial charge on any atom is 0.165 e. The van der Waals surface area contributed by atoms with Gasteiger partial charge in [0.2, 0.25) is 0 Å². The first kappa shape index (κ1) is 64.6. The molecule has 0 saturated heterocycles. The van der Waals surface area contributed by atoms with E-state index >= 15 is 0 Å². The van der Waals surface area contributed by atoms with E-state index in [0.717, 1.165) is 159 Å². The molecule has 84 heavy (non-hydrogen) atoms. The molecule has 8 aliphatic carbocycles. The third-order valence-electron chi connectivity index (χ3n) is 26.7. The summed E-state index contributed by atoms with van der Waals surface area (Å²) in [5, 5.41) is 0. The first-order chi connectivity index (χ1) is 40.0. The summed E-state index contributed by atoms with van der Waals surface area (Å²) in [5.41, 5.74) is 8.17. The lowest BCUT2D eigenvalue weighted by Crippen LogP contribution is -2.36. The molecule has 0 aliphatic heterocycles. The zero-order valence-electron chi connectivity index (χ0n) is 55.8. The van der Waals surface area contributed by atoms with Gasteiger partial charge >= 0.3 is 0 Å². The summed E-state index contributed by atoms with van der Waals surface area (Å²) >= 11 is 0. The van der Waals surface area contributed by atoms with Gasteiger partial charge in [0.05, 0.1) is 0 Å². The molecule has 8 fully saturated rings. The molecule has 10 rings (SSSR count). The maximum atomic E-state index is 14.2. The Bertz CT molecular complexity index is 2650. The number of ketones is 4. The van der Waals surface area contributed by atoms with Crippen LogP contribution < -0.4 is 0 Å². The first-order valence-electron chi connectivity index (χ1n) is 35.2. The lowest BCUT2D eigenvalue weighted by atomic mass is 9.66. The lowest BCUT2D eigenvalue weighted by Gasteiger charge is -2.36. The minimum absolute atomic E-state index is 0.0310. The molecule has 2 aromatic rings. The van der Waals surface area contributed by atoms with Crippen molar-refractivity contribution >= 4 is 47.4 Å². The highest BCUT2D eigenvalue weighted by Gasteiger charge is 2.69. The molecule has 0 aromatic heterocycles. The number of fused-ring (bicyclic) bond motifs is 8. The Morgan fingerprint density at radius 2 is 0.560 bits per heavy atom. The SMILES string of the molecule is CCCCC(CC)CCCC12CCC(/C(=C\c3ccc(/C=C4/C(=O)C5(CCCC(CC)CCCC)CCC4C5(C)C)cc3)C1=O)C2(C)C.CCCCC12CCC(/C(=C\c3ccc(/C=C4/C(=O)C5(CCCC)CCC4C5(C)C)cc3)C1=O)C2(C)C. The van der Waals surface area contributed by atoms with Gasteiger partial charge in [0.25, 0.3) is 0 Å². The quantitative estimate of drug-likeness (QED) is 0.0881. The van der Waals surface area contributed by atoms with E-state index < -0.39 is 0 Å². The van der Waals surface area contributed by atoms with Crippen LogP contribution >= 0.6 is 0 Å². The molecule has 4 heteroatoms. The molecule has 8 saturated carbocycles. The van der Waals surface area contributed by atoms with Crippen LogP contribution in [0.4, 0.5) is 0 Å². The van der Waals surface area contributed by atoms with Crippen LogP contribution in [-0.4, -0.2) is 23.1 Å². The molecule has 8 bridgehead atoms. The standard InChI is InChI=1S/C46H70O2.C34H46O2/c1-9-13-17-33(11-3)19-15-27-45-29-25-39(43(45,5)6)37(41(45)47)31-35-21-23-36(24-22-35)32-38-40-26-30-46(42(38)48,44(40,7)8)28-16-20-34(12-4)18-14-10-2;1-7-9-17-33-19-15-27(31(33,3)4)25(29(33)35)21-23-11-13-24(14-12-23)22-26-28-16-20-34(30(26)36,18-10-8-2)32(28,5)6/h21-24,31-34,39-40H,9-20,25-30H2,1-8H3;11-14,21-22,27-28H,7-10,15-20H2,1-6H3/b37-31+,38-32+;25-21+,26-22+. The number of Topliss-reactive ketones (excluding diaryl/α,β-unsaturated/α-hetero) is 4. The van der Waals surface area contributed by atoms with Crippen LogP contribution in [0.15, 0.2) is 70.8 Å². The first-order valence-corrected chi connectivity index (χ1v) is 35.2. The van der Waals surface area contributed by atoms with E-state index in [-0.39, 0.29) is 43.3 Å². The van der Waals surface area contributed by atoms with Crippen molar-refractivity contribution < 1.29 is 19.2 Å². The zero-order valence-corrected chi connectivity index (χ0v) is 55.8. The normalized spacial score (nSPS) is 33.4. The Morgan fingerprint density at radius 1 is 0.345 bits per heavy atom. The van der Waals surface area contributed by atoms with Gasteiger partial charge in [-0.3, -0.25) is 19.2 Å². The number of carbonyl (C=O) groups is 4. The molecule has 4 nitrogen and oxygen atoms in total. The zero-order chi connectivity index (χ0) is 60.7. The van der Waals surface area contributed by atoms with E-state index in [2.05, 4.69) is 170 Å². The minimum Gasteiger partial charge on any atom is -0.294 e. The molecule has 0 N–H and O–H groups in total. The summed E-state index contributed by atoms with van der Waals surface area (Å²) in [4.78, 5) is 55.7. The Hall–Kier alpha value is -3.92. The lowest BCUT2D eigenvalue weighted by molar-refractivity contribution is -0.128. The van der Waals surface area contributed by atoms with Crippen LogP contribution in [0.25, 0.3) is 24.3 Å². The highest BCUT2D eigenvalue weighted by Crippen LogP contribution is 2.71. The fourth-order valence-corrected chi connectivity index (χ4v) is 20.6. The summed E-state index contributed by atoms with van der Waals surface area (Å²) in [6, 6.07) is 17.3. The summed E-state index contributed by atoms with van der Waals surface area (Å²) < 4.78 is 0. The minimum atomic E-state index is -0.186. The van der Waals surface area contributed by atoms with Crippen molar-refractivity contribution in [3.63, 3.8) is 0 Å². The van der Waals surface area contributed by atoms with Gasteiger partial charge in [-0.2, -0.15) is 0 Å². The monoisotopic (exact) mass is 1140 g/mol.